The third-order valence-electron chi connectivity index (χ3n) is 6.02. The van der Waals surface area contributed by atoms with Crippen LogP contribution in [0.25, 0.3) is 0 Å². The van der Waals surface area contributed by atoms with Crippen LogP contribution in [-0.2, 0) is 14.3 Å². The van der Waals surface area contributed by atoms with Gasteiger partial charge in [-0.05, 0) is 51.5 Å². The minimum atomic E-state index is -0.102. The molecular formula is C19H34N4O3. The molecule has 3 rings (SSSR count). The van der Waals surface area contributed by atoms with Gasteiger partial charge >= 0.3 is 5.97 Å². The van der Waals surface area contributed by atoms with E-state index in [9.17, 15) is 9.59 Å². The minimum Gasteiger partial charge on any atom is -0.464 e. The van der Waals surface area contributed by atoms with Gasteiger partial charge in [-0.3, -0.25) is 20.3 Å². The Labute approximate surface area is 156 Å². The van der Waals surface area contributed by atoms with Crippen molar-refractivity contribution >= 4 is 11.9 Å². The third kappa shape index (κ3) is 5.18. The Morgan fingerprint density at radius 2 is 1.81 bits per heavy atom. The Morgan fingerprint density at radius 3 is 2.58 bits per heavy atom. The van der Waals surface area contributed by atoms with Crippen LogP contribution in [0.5, 0.6) is 0 Å². The van der Waals surface area contributed by atoms with Crippen LogP contribution < -0.4 is 5.84 Å². The van der Waals surface area contributed by atoms with E-state index < -0.39 is 0 Å². The SMILES string of the molecule is NN1CCC(N2CCCCC2C(=O)OCCCN2CCCCC2=O)CC1. The normalized spacial score (nSPS) is 26.9. The van der Waals surface area contributed by atoms with E-state index >= 15 is 0 Å². The fraction of sp³-hybridized carbons (Fsp3) is 0.895. The lowest BCUT2D eigenvalue weighted by Gasteiger charge is -2.42. The van der Waals surface area contributed by atoms with E-state index in [0.29, 0.717) is 25.6 Å². The molecule has 0 bridgehead atoms. The predicted octanol–water partition coefficient (Wildman–Crippen LogP) is 1.12. The second kappa shape index (κ2) is 9.67. The van der Waals surface area contributed by atoms with Gasteiger partial charge in [0, 0.05) is 38.6 Å². The molecule has 3 heterocycles. The maximum atomic E-state index is 12.7. The van der Waals surface area contributed by atoms with E-state index in [1.807, 2.05) is 9.91 Å². The van der Waals surface area contributed by atoms with Gasteiger partial charge in [0.1, 0.15) is 6.04 Å². The summed E-state index contributed by atoms with van der Waals surface area (Å²) in [5, 5.41) is 1.87. The van der Waals surface area contributed by atoms with Gasteiger partial charge in [0.2, 0.25) is 5.91 Å². The summed E-state index contributed by atoms with van der Waals surface area (Å²) in [7, 11) is 0. The first kappa shape index (κ1) is 19.6. The lowest BCUT2D eigenvalue weighted by atomic mass is 9.95. The van der Waals surface area contributed by atoms with Gasteiger partial charge in [-0.25, -0.2) is 5.01 Å². The number of carbonyl (C=O) groups is 2. The zero-order chi connectivity index (χ0) is 18.4. The number of amides is 1. The number of nitrogens with two attached hydrogens (primary N) is 1. The van der Waals surface area contributed by atoms with Crippen molar-refractivity contribution in [1.82, 2.24) is 14.8 Å². The van der Waals surface area contributed by atoms with Crippen LogP contribution >= 0.6 is 0 Å². The number of esters is 1. The second-order valence-electron chi connectivity index (χ2n) is 7.88. The molecule has 1 unspecified atom stereocenters. The van der Waals surface area contributed by atoms with Crippen LogP contribution in [0.3, 0.4) is 0 Å². The van der Waals surface area contributed by atoms with E-state index in [2.05, 4.69) is 4.90 Å². The lowest BCUT2D eigenvalue weighted by molar-refractivity contribution is -0.153. The highest BCUT2D eigenvalue weighted by Gasteiger charge is 2.35. The van der Waals surface area contributed by atoms with E-state index in [4.69, 9.17) is 10.6 Å². The first-order valence-electron chi connectivity index (χ1n) is 10.3. The Balaban J connectivity index is 1.42. The van der Waals surface area contributed by atoms with Crippen molar-refractivity contribution in [2.45, 2.75) is 69.9 Å². The topological polar surface area (TPSA) is 79.1 Å². The van der Waals surface area contributed by atoms with Crippen LogP contribution in [0.2, 0.25) is 0 Å². The molecule has 0 saturated carbocycles. The summed E-state index contributed by atoms with van der Waals surface area (Å²) in [6.45, 7) is 4.74. The molecule has 2 N–H and O–H groups in total. The van der Waals surface area contributed by atoms with Crippen molar-refractivity contribution in [3.63, 3.8) is 0 Å². The summed E-state index contributed by atoms with van der Waals surface area (Å²) >= 11 is 0. The quantitative estimate of drug-likeness (QED) is 0.431. The summed E-state index contributed by atoms with van der Waals surface area (Å²) < 4.78 is 5.60. The van der Waals surface area contributed by atoms with Gasteiger partial charge in [-0.1, -0.05) is 6.42 Å². The van der Waals surface area contributed by atoms with Gasteiger partial charge in [0.15, 0.2) is 0 Å². The molecule has 148 valence electrons. The van der Waals surface area contributed by atoms with Crippen molar-refractivity contribution in [1.29, 1.82) is 0 Å². The molecular weight excluding hydrogens is 332 g/mol. The maximum absolute atomic E-state index is 12.7. The molecule has 0 aromatic heterocycles. The van der Waals surface area contributed by atoms with Crippen molar-refractivity contribution in [3.05, 3.63) is 0 Å². The van der Waals surface area contributed by atoms with Crippen LogP contribution in [0.15, 0.2) is 0 Å². The molecule has 7 heteroatoms. The average molecular weight is 367 g/mol. The number of ether oxygens (including phenoxy) is 1. The van der Waals surface area contributed by atoms with E-state index in [0.717, 1.165) is 77.5 Å². The highest BCUT2D eigenvalue weighted by Crippen LogP contribution is 2.25. The largest absolute Gasteiger partial charge is 0.464 e. The van der Waals surface area contributed by atoms with Gasteiger partial charge in [0.05, 0.1) is 6.61 Å². The molecule has 3 aliphatic rings. The molecule has 0 spiro atoms. The fourth-order valence-electron chi connectivity index (χ4n) is 4.48. The molecule has 3 fully saturated rings. The summed E-state index contributed by atoms with van der Waals surface area (Å²) in [6, 6.07) is 0.341. The number of carbonyl (C=O) groups excluding carboxylic acids is 2. The Bertz CT molecular complexity index is 479. The minimum absolute atomic E-state index is 0.0788. The van der Waals surface area contributed by atoms with Crippen molar-refractivity contribution in [2.75, 3.05) is 39.3 Å². The molecule has 3 aliphatic heterocycles. The van der Waals surface area contributed by atoms with Crippen LogP contribution in [0.4, 0.5) is 0 Å². The summed E-state index contributed by atoms with van der Waals surface area (Å²) in [6.07, 6.45) is 8.68. The van der Waals surface area contributed by atoms with Gasteiger partial charge in [-0.15, -0.1) is 0 Å². The number of nitrogens with zero attached hydrogens (tertiary/aromatic N) is 3. The van der Waals surface area contributed by atoms with Crippen molar-refractivity contribution in [2.24, 2.45) is 5.84 Å². The summed E-state index contributed by atoms with van der Waals surface area (Å²) in [5.41, 5.74) is 0. The molecule has 0 aliphatic carbocycles. The number of hydrogen-bond donors (Lipinski definition) is 1. The van der Waals surface area contributed by atoms with E-state index in [1.54, 1.807) is 0 Å². The highest BCUT2D eigenvalue weighted by atomic mass is 16.5. The second-order valence-corrected chi connectivity index (χ2v) is 7.88. The Morgan fingerprint density at radius 1 is 1.04 bits per heavy atom. The van der Waals surface area contributed by atoms with E-state index in [-0.39, 0.29) is 17.9 Å². The van der Waals surface area contributed by atoms with E-state index in [1.165, 1.54) is 0 Å². The van der Waals surface area contributed by atoms with Crippen LogP contribution in [0, 0.1) is 0 Å². The number of piperidine rings is 3. The van der Waals surface area contributed by atoms with Crippen LogP contribution in [-0.4, -0.2) is 78.1 Å². The van der Waals surface area contributed by atoms with Gasteiger partial charge < -0.3 is 9.64 Å². The number of likely N-dealkylation sites (tertiary alicyclic amines) is 2. The monoisotopic (exact) mass is 366 g/mol. The van der Waals surface area contributed by atoms with Gasteiger partial charge in [-0.2, -0.15) is 0 Å². The standard InChI is InChI=1S/C19H34N4O3/c20-22-13-8-16(9-14-22)23-12-4-1-6-17(23)19(25)26-15-5-11-21-10-3-2-7-18(21)24/h16-17H,1-15,20H2. The number of hydrogen-bond acceptors (Lipinski definition) is 6. The van der Waals surface area contributed by atoms with Crippen molar-refractivity contribution < 1.29 is 14.3 Å². The Kier molecular flexibility index (Phi) is 7.28. The number of rotatable bonds is 6. The number of hydrazine groups is 1. The van der Waals surface area contributed by atoms with Gasteiger partial charge in [0.25, 0.3) is 0 Å². The fourth-order valence-corrected chi connectivity index (χ4v) is 4.48. The zero-order valence-electron chi connectivity index (χ0n) is 15.9. The first-order chi connectivity index (χ1) is 12.6. The molecule has 1 atom stereocenters. The molecule has 1 amide bonds. The average Bonchev–Trinajstić information content (AvgIpc) is 2.67. The molecule has 0 aromatic rings. The lowest BCUT2D eigenvalue weighted by Crippen LogP contribution is -2.54. The predicted molar refractivity (Wildman–Crippen MR) is 99.1 cm³/mol. The third-order valence-corrected chi connectivity index (χ3v) is 6.02. The maximum Gasteiger partial charge on any atom is 0.323 e. The smallest absolute Gasteiger partial charge is 0.323 e. The van der Waals surface area contributed by atoms with Crippen molar-refractivity contribution in [3.8, 4) is 0 Å². The summed E-state index contributed by atoms with van der Waals surface area (Å²) in [4.78, 5) is 28.7. The summed E-state index contributed by atoms with van der Waals surface area (Å²) in [5.74, 6) is 6.03. The molecule has 7 nitrogen and oxygen atoms in total. The Hall–Kier alpha value is -1.18. The first-order valence-corrected chi connectivity index (χ1v) is 10.3. The zero-order valence-corrected chi connectivity index (χ0v) is 15.9. The van der Waals surface area contributed by atoms with Crippen LogP contribution in [0.1, 0.15) is 57.8 Å². The molecule has 0 aromatic carbocycles. The highest BCUT2D eigenvalue weighted by molar-refractivity contribution is 5.77. The molecule has 26 heavy (non-hydrogen) atoms. The molecule has 3 saturated heterocycles. The molecule has 0 radical (unpaired) electrons.